The van der Waals surface area contributed by atoms with Gasteiger partial charge in [-0.15, -0.1) is 0 Å². The summed E-state index contributed by atoms with van der Waals surface area (Å²) in [5.74, 6) is 0.688. The number of hydrogen-bond acceptors (Lipinski definition) is 4. The van der Waals surface area contributed by atoms with Gasteiger partial charge in [0.15, 0.2) is 0 Å². The first-order chi connectivity index (χ1) is 12.6. The van der Waals surface area contributed by atoms with E-state index >= 15 is 0 Å². The van der Waals surface area contributed by atoms with E-state index < -0.39 is 0 Å². The van der Waals surface area contributed by atoms with Crippen molar-refractivity contribution >= 4 is 17.6 Å². The molecule has 0 unspecified atom stereocenters. The van der Waals surface area contributed by atoms with E-state index in [1.165, 1.54) is 0 Å². The molecule has 1 aliphatic rings. The molecule has 2 amide bonds. The lowest BCUT2D eigenvalue weighted by Crippen LogP contribution is -2.30. The molecule has 0 bridgehead atoms. The van der Waals surface area contributed by atoms with E-state index in [1.54, 1.807) is 12.3 Å². The molecule has 1 aromatic carbocycles. The van der Waals surface area contributed by atoms with Crippen LogP contribution in [0.3, 0.4) is 0 Å². The Bertz CT molecular complexity index is 802. The molecular weight excluding hydrogens is 328 g/mol. The lowest BCUT2D eigenvalue weighted by molar-refractivity contribution is -0.121. The number of anilines is 1. The molecule has 2 aromatic rings. The number of aromatic nitrogens is 1. The van der Waals surface area contributed by atoms with Crippen LogP contribution in [0.15, 0.2) is 42.6 Å². The van der Waals surface area contributed by atoms with Gasteiger partial charge in [0, 0.05) is 37.0 Å². The summed E-state index contributed by atoms with van der Waals surface area (Å²) in [6.45, 7) is 6.31. The minimum atomic E-state index is -0.269. The molecule has 6 nitrogen and oxygen atoms in total. The molecule has 26 heavy (non-hydrogen) atoms. The van der Waals surface area contributed by atoms with E-state index in [9.17, 15) is 9.59 Å². The Kier molecular flexibility index (Phi) is 5.51. The Hall–Kier alpha value is -2.89. The van der Waals surface area contributed by atoms with E-state index in [1.807, 2.05) is 30.3 Å². The van der Waals surface area contributed by atoms with E-state index in [-0.39, 0.29) is 24.3 Å². The van der Waals surface area contributed by atoms with Gasteiger partial charge in [-0.1, -0.05) is 24.3 Å². The monoisotopic (exact) mass is 352 g/mol. The molecule has 0 spiro atoms. The summed E-state index contributed by atoms with van der Waals surface area (Å²) in [7, 11) is 0. The number of rotatable bonds is 7. The molecule has 1 atom stereocenters. The first kappa shape index (κ1) is 17.9. The Labute approximate surface area is 153 Å². The summed E-state index contributed by atoms with van der Waals surface area (Å²) >= 11 is 0. The van der Waals surface area contributed by atoms with Crippen LogP contribution in [0, 0.1) is 0 Å². The molecule has 0 aliphatic carbocycles. The highest BCUT2D eigenvalue weighted by atomic mass is 16.2. The summed E-state index contributed by atoms with van der Waals surface area (Å²) in [5.41, 5.74) is 2.53. The smallest absolute Gasteiger partial charge is 0.252 e. The number of pyridine rings is 1. The SMILES string of the molecule is CCN(CC)c1ncccc1CNC(=O)C[C@@H]1NC(=O)c2ccccc21. The summed E-state index contributed by atoms with van der Waals surface area (Å²) in [4.78, 5) is 31.0. The molecule has 0 radical (unpaired) electrons. The van der Waals surface area contributed by atoms with Crippen molar-refractivity contribution < 1.29 is 9.59 Å². The van der Waals surface area contributed by atoms with Crippen LogP contribution in [0.5, 0.6) is 0 Å². The van der Waals surface area contributed by atoms with Crippen LogP contribution in [0.2, 0.25) is 0 Å². The highest BCUT2D eigenvalue weighted by Crippen LogP contribution is 2.27. The third-order valence-electron chi connectivity index (χ3n) is 4.68. The fourth-order valence-electron chi connectivity index (χ4n) is 3.31. The third kappa shape index (κ3) is 3.69. The fourth-order valence-corrected chi connectivity index (χ4v) is 3.31. The van der Waals surface area contributed by atoms with Crippen LogP contribution in [0.25, 0.3) is 0 Å². The molecule has 0 saturated carbocycles. The fraction of sp³-hybridized carbons (Fsp3) is 0.350. The van der Waals surface area contributed by atoms with Gasteiger partial charge in [-0.2, -0.15) is 0 Å². The van der Waals surface area contributed by atoms with Crippen LogP contribution >= 0.6 is 0 Å². The quantitative estimate of drug-likeness (QED) is 0.803. The number of fused-ring (bicyclic) bond motifs is 1. The molecule has 1 aliphatic heterocycles. The first-order valence-corrected chi connectivity index (χ1v) is 8.99. The van der Waals surface area contributed by atoms with Gasteiger partial charge in [0.05, 0.1) is 12.5 Å². The largest absolute Gasteiger partial charge is 0.357 e. The molecule has 6 heteroatoms. The molecule has 136 valence electrons. The zero-order valence-electron chi connectivity index (χ0n) is 15.2. The second kappa shape index (κ2) is 7.99. The maximum Gasteiger partial charge on any atom is 0.252 e. The molecule has 2 N–H and O–H groups in total. The minimum Gasteiger partial charge on any atom is -0.357 e. The summed E-state index contributed by atoms with van der Waals surface area (Å²) in [6.07, 6.45) is 1.99. The van der Waals surface area contributed by atoms with Gasteiger partial charge in [0.2, 0.25) is 5.91 Å². The molecule has 3 rings (SSSR count). The Morgan fingerprint density at radius 3 is 2.73 bits per heavy atom. The topological polar surface area (TPSA) is 74.3 Å². The number of carbonyl (C=O) groups is 2. The molecule has 0 fully saturated rings. The second-order valence-electron chi connectivity index (χ2n) is 6.25. The Balaban J connectivity index is 1.63. The van der Waals surface area contributed by atoms with Crippen molar-refractivity contribution in [1.82, 2.24) is 15.6 Å². The van der Waals surface area contributed by atoms with E-state index in [2.05, 4.69) is 34.4 Å². The van der Waals surface area contributed by atoms with Crippen LogP contribution in [0.4, 0.5) is 5.82 Å². The van der Waals surface area contributed by atoms with Crippen molar-refractivity contribution in [3.05, 3.63) is 59.3 Å². The van der Waals surface area contributed by atoms with Crippen LogP contribution in [-0.4, -0.2) is 29.9 Å². The average molecular weight is 352 g/mol. The van der Waals surface area contributed by atoms with Crippen molar-refractivity contribution in [2.75, 3.05) is 18.0 Å². The zero-order valence-corrected chi connectivity index (χ0v) is 15.2. The van der Waals surface area contributed by atoms with Gasteiger partial charge in [-0.3, -0.25) is 9.59 Å². The summed E-state index contributed by atoms with van der Waals surface area (Å²) in [6, 6.07) is 11.0. The predicted octanol–water partition coefficient (Wildman–Crippen LogP) is 2.42. The summed E-state index contributed by atoms with van der Waals surface area (Å²) in [5, 5.41) is 5.83. The highest BCUT2D eigenvalue weighted by molar-refractivity contribution is 5.99. The van der Waals surface area contributed by atoms with Gasteiger partial charge >= 0.3 is 0 Å². The van der Waals surface area contributed by atoms with Crippen molar-refractivity contribution in [3.8, 4) is 0 Å². The number of hydrogen-bond donors (Lipinski definition) is 2. The number of nitrogens with one attached hydrogen (secondary N) is 2. The Morgan fingerprint density at radius 1 is 1.19 bits per heavy atom. The minimum absolute atomic E-state index is 0.0960. The Morgan fingerprint density at radius 2 is 1.96 bits per heavy atom. The maximum atomic E-state index is 12.4. The van der Waals surface area contributed by atoms with Gasteiger partial charge in [0.1, 0.15) is 5.82 Å². The van der Waals surface area contributed by atoms with Crippen molar-refractivity contribution in [2.24, 2.45) is 0 Å². The van der Waals surface area contributed by atoms with Crippen LogP contribution < -0.4 is 15.5 Å². The van der Waals surface area contributed by atoms with E-state index in [0.29, 0.717) is 12.1 Å². The predicted molar refractivity (Wildman–Crippen MR) is 101 cm³/mol. The number of nitrogens with zero attached hydrogens (tertiary/aromatic N) is 2. The lowest BCUT2D eigenvalue weighted by atomic mass is 10.0. The van der Waals surface area contributed by atoms with Gasteiger partial charge in [-0.05, 0) is 31.5 Å². The van der Waals surface area contributed by atoms with Crippen molar-refractivity contribution in [2.45, 2.75) is 32.9 Å². The van der Waals surface area contributed by atoms with Gasteiger partial charge < -0.3 is 15.5 Å². The standard InChI is InChI=1S/C20H24N4O2/c1-3-24(4-2)19-14(8-7-11-21-19)13-22-18(25)12-17-15-9-5-6-10-16(15)20(26)23-17/h5-11,17H,3-4,12-13H2,1-2H3,(H,22,25)(H,23,26)/t17-/m0/s1. The van der Waals surface area contributed by atoms with E-state index in [4.69, 9.17) is 0 Å². The number of amides is 2. The zero-order chi connectivity index (χ0) is 18.5. The van der Waals surface area contributed by atoms with Gasteiger partial charge in [-0.25, -0.2) is 4.98 Å². The molecular formula is C20H24N4O2. The van der Waals surface area contributed by atoms with Crippen molar-refractivity contribution in [3.63, 3.8) is 0 Å². The average Bonchev–Trinajstić information content (AvgIpc) is 2.98. The molecule has 2 heterocycles. The van der Waals surface area contributed by atoms with Crippen molar-refractivity contribution in [1.29, 1.82) is 0 Å². The lowest BCUT2D eigenvalue weighted by Gasteiger charge is -2.22. The number of benzene rings is 1. The van der Waals surface area contributed by atoms with E-state index in [0.717, 1.165) is 30.0 Å². The molecule has 0 saturated heterocycles. The summed E-state index contributed by atoms with van der Waals surface area (Å²) < 4.78 is 0. The first-order valence-electron chi connectivity index (χ1n) is 8.99. The normalized spacial score (nSPS) is 15.3. The van der Waals surface area contributed by atoms with Gasteiger partial charge in [0.25, 0.3) is 5.91 Å². The highest BCUT2D eigenvalue weighted by Gasteiger charge is 2.29. The third-order valence-corrected chi connectivity index (χ3v) is 4.68. The van der Waals surface area contributed by atoms with Crippen LogP contribution in [0.1, 0.15) is 47.8 Å². The van der Waals surface area contributed by atoms with Crippen LogP contribution in [-0.2, 0) is 11.3 Å². The maximum absolute atomic E-state index is 12.4. The second-order valence-corrected chi connectivity index (χ2v) is 6.25. The number of carbonyl (C=O) groups excluding carboxylic acids is 2. The molecule has 1 aromatic heterocycles.